The van der Waals surface area contributed by atoms with Crippen molar-refractivity contribution in [1.29, 1.82) is 0 Å². The highest BCUT2D eigenvalue weighted by molar-refractivity contribution is 5.74. The number of nitrogens with zero attached hydrogens (tertiary/aromatic N) is 3. The van der Waals surface area contributed by atoms with E-state index >= 15 is 0 Å². The molecule has 0 aliphatic heterocycles. The summed E-state index contributed by atoms with van der Waals surface area (Å²) in [6.07, 6.45) is 6.27. The number of hydrogen-bond acceptors (Lipinski definition) is 3. The van der Waals surface area contributed by atoms with Crippen molar-refractivity contribution in [3.8, 4) is 5.69 Å². The average Bonchev–Trinajstić information content (AvgIpc) is 2.98. The van der Waals surface area contributed by atoms with Gasteiger partial charge in [-0.15, -0.1) is 5.10 Å². The number of hydrogen-bond donors (Lipinski definition) is 0. The van der Waals surface area contributed by atoms with Crippen molar-refractivity contribution in [2.45, 2.75) is 58.8 Å². The standard InChI is InChI=1S/C18H25N3O/c1-4-7-8-14-9-11-16(12-10-14)21-18(15(5-2)6-3)17(13-22)19-20-21/h9-13,15H,4-8H2,1-3H3. The van der Waals surface area contributed by atoms with Gasteiger partial charge in [0.2, 0.25) is 0 Å². The van der Waals surface area contributed by atoms with Gasteiger partial charge in [0.1, 0.15) is 5.69 Å². The van der Waals surface area contributed by atoms with Crippen molar-refractivity contribution in [3.63, 3.8) is 0 Å². The molecule has 4 heteroatoms. The Balaban J connectivity index is 2.35. The van der Waals surface area contributed by atoms with E-state index in [-0.39, 0.29) is 0 Å². The number of carbonyl (C=O) groups excluding carboxylic acids is 1. The van der Waals surface area contributed by atoms with Crippen molar-refractivity contribution in [1.82, 2.24) is 15.0 Å². The highest BCUT2D eigenvalue weighted by Gasteiger charge is 2.20. The van der Waals surface area contributed by atoms with Crippen molar-refractivity contribution in [2.75, 3.05) is 0 Å². The maximum Gasteiger partial charge on any atom is 0.172 e. The number of benzene rings is 1. The Kier molecular flexibility index (Phi) is 5.87. The molecule has 4 nitrogen and oxygen atoms in total. The van der Waals surface area contributed by atoms with E-state index in [0.717, 1.165) is 36.9 Å². The number of unbranched alkanes of at least 4 members (excludes halogenated alkanes) is 1. The second-order valence-electron chi connectivity index (χ2n) is 5.67. The van der Waals surface area contributed by atoms with Crippen LogP contribution in [0.5, 0.6) is 0 Å². The van der Waals surface area contributed by atoms with Gasteiger partial charge >= 0.3 is 0 Å². The van der Waals surface area contributed by atoms with Crippen LogP contribution in [0.15, 0.2) is 24.3 Å². The lowest BCUT2D eigenvalue weighted by Crippen LogP contribution is -2.08. The molecule has 118 valence electrons. The minimum atomic E-state index is 0.301. The van der Waals surface area contributed by atoms with E-state index in [4.69, 9.17) is 0 Å². The maximum absolute atomic E-state index is 11.3. The molecule has 0 unspecified atom stereocenters. The lowest BCUT2D eigenvalue weighted by Gasteiger charge is -2.15. The molecule has 0 N–H and O–H groups in total. The predicted octanol–water partition coefficient (Wildman–Crippen LogP) is 4.33. The fraction of sp³-hybridized carbons (Fsp3) is 0.500. The third-order valence-corrected chi connectivity index (χ3v) is 4.22. The van der Waals surface area contributed by atoms with Crippen LogP contribution in [-0.4, -0.2) is 21.3 Å². The molecule has 2 aromatic rings. The van der Waals surface area contributed by atoms with E-state index in [1.807, 2.05) is 4.68 Å². The van der Waals surface area contributed by atoms with E-state index in [2.05, 4.69) is 55.3 Å². The van der Waals surface area contributed by atoms with E-state index < -0.39 is 0 Å². The molecule has 1 aromatic carbocycles. The van der Waals surface area contributed by atoms with Gasteiger partial charge in [0.25, 0.3) is 0 Å². The smallest absolute Gasteiger partial charge is 0.172 e. The third kappa shape index (κ3) is 3.43. The summed E-state index contributed by atoms with van der Waals surface area (Å²) in [7, 11) is 0. The van der Waals surface area contributed by atoms with Crippen molar-refractivity contribution >= 4 is 6.29 Å². The lowest BCUT2D eigenvalue weighted by atomic mass is 9.97. The number of aryl methyl sites for hydroxylation is 1. The summed E-state index contributed by atoms with van der Waals surface area (Å²) < 4.78 is 1.82. The lowest BCUT2D eigenvalue weighted by molar-refractivity contribution is 0.111. The van der Waals surface area contributed by atoms with Crippen molar-refractivity contribution < 1.29 is 4.79 Å². The number of aldehydes is 1. The van der Waals surface area contributed by atoms with Crippen molar-refractivity contribution in [3.05, 3.63) is 41.2 Å². The van der Waals surface area contributed by atoms with Crippen LogP contribution in [0.3, 0.4) is 0 Å². The Morgan fingerprint density at radius 3 is 2.36 bits per heavy atom. The zero-order valence-corrected chi connectivity index (χ0v) is 13.7. The highest BCUT2D eigenvalue weighted by atomic mass is 16.1. The monoisotopic (exact) mass is 299 g/mol. The Hall–Kier alpha value is -1.97. The van der Waals surface area contributed by atoms with Gasteiger partial charge in [0, 0.05) is 5.92 Å². The minimum absolute atomic E-state index is 0.301. The topological polar surface area (TPSA) is 47.8 Å². The molecule has 0 bridgehead atoms. The molecule has 2 rings (SSSR count). The first kappa shape index (κ1) is 16.4. The molecule has 0 aliphatic carbocycles. The average molecular weight is 299 g/mol. The molecular formula is C18H25N3O. The van der Waals surface area contributed by atoms with Gasteiger partial charge in [0.05, 0.1) is 11.4 Å². The fourth-order valence-corrected chi connectivity index (χ4v) is 2.82. The fourth-order valence-electron chi connectivity index (χ4n) is 2.82. The van der Waals surface area contributed by atoms with Crippen LogP contribution in [-0.2, 0) is 6.42 Å². The molecule has 0 fully saturated rings. The number of aromatic nitrogens is 3. The molecule has 1 aromatic heterocycles. The summed E-state index contributed by atoms with van der Waals surface area (Å²) in [5.41, 5.74) is 3.71. The van der Waals surface area contributed by atoms with Gasteiger partial charge < -0.3 is 0 Å². The molecule has 0 spiro atoms. The minimum Gasteiger partial charge on any atom is -0.296 e. The highest BCUT2D eigenvalue weighted by Crippen LogP contribution is 2.26. The molecule has 0 saturated carbocycles. The normalized spacial score (nSPS) is 11.1. The van der Waals surface area contributed by atoms with Crippen molar-refractivity contribution in [2.24, 2.45) is 0 Å². The summed E-state index contributed by atoms with van der Waals surface area (Å²) in [6.45, 7) is 6.47. The number of rotatable bonds is 8. The molecule has 0 amide bonds. The van der Waals surface area contributed by atoms with Gasteiger partial charge in [-0.3, -0.25) is 4.79 Å². The van der Waals surface area contributed by atoms with Gasteiger partial charge in [-0.25, -0.2) is 4.68 Å². The Labute approximate surface area is 132 Å². The number of carbonyl (C=O) groups is 1. The summed E-state index contributed by atoms with van der Waals surface area (Å²) in [5.74, 6) is 0.301. The summed E-state index contributed by atoms with van der Waals surface area (Å²) in [6, 6.07) is 8.42. The van der Waals surface area contributed by atoms with E-state index in [1.54, 1.807) is 0 Å². The van der Waals surface area contributed by atoms with E-state index in [1.165, 1.54) is 18.4 Å². The first-order chi connectivity index (χ1) is 10.7. The molecule has 0 atom stereocenters. The molecule has 0 radical (unpaired) electrons. The molecule has 22 heavy (non-hydrogen) atoms. The summed E-state index contributed by atoms with van der Waals surface area (Å²) in [4.78, 5) is 11.3. The van der Waals surface area contributed by atoms with Crippen LogP contribution in [0.4, 0.5) is 0 Å². The molecule has 1 heterocycles. The van der Waals surface area contributed by atoms with Crippen LogP contribution >= 0.6 is 0 Å². The zero-order valence-electron chi connectivity index (χ0n) is 13.7. The van der Waals surface area contributed by atoms with Crippen LogP contribution in [0.1, 0.15) is 74.1 Å². The molecule has 0 aliphatic rings. The van der Waals surface area contributed by atoms with Gasteiger partial charge in [-0.05, 0) is 43.4 Å². The Bertz CT molecular complexity index is 597. The van der Waals surface area contributed by atoms with Crippen LogP contribution in [0.2, 0.25) is 0 Å². The van der Waals surface area contributed by atoms with Gasteiger partial charge in [-0.1, -0.05) is 44.5 Å². The third-order valence-electron chi connectivity index (χ3n) is 4.22. The second-order valence-corrected chi connectivity index (χ2v) is 5.67. The van der Waals surface area contributed by atoms with Gasteiger partial charge in [0.15, 0.2) is 6.29 Å². The zero-order chi connectivity index (χ0) is 15.9. The van der Waals surface area contributed by atoms with Crippen LogP contribution < -0.4 is 0 Å². The van der Waals surface area contributed by atoms with Crippen LogP contribution in [0.25, 0.3) is 5.69 Å². The first-order valence-corrected chi connectivity index (χ1v) is 8.25. The molecule has 0 saturated heterocycles. The quantitative estimate of drug-likeness (QED) is 0.682. The summed E-state index contributed by atoms with van der Waals surface area (Å²) in [5, 5.41) is 8.25. The second kappa shape index (κ2) is 7.87. The van der Waals surface area contributed by atoms with Gasteiger partial charge in [-0.2, -0.15) is 0 Å². The SMILES string of the molecule is CCCCc1ccc(-n2nnc(C=O)c2C(CC)CC)cc1. The summed E-state index contributed by atoms with van der Waals surface area (Å²) >= 11 is 0. The Morgan fingerprint density at radius 2 is 1.82 bits per heavy atom. The Morgan fingerprint density at radius 1 is 1.14 bits per heavy atom. The van der Waals surface area contributed by atoms with Crippen LogP contribution in [0, 0.1) is 0 Å². The molecular weight excluding hydrogens is 274 g/mol. The largest absolute Gasteiger partial charge is 0.296 e. The van der Waals surface area contributed by atoms with E-state index in [0.29, 0.717) is 11.6 Å². The first-order valence-electron chi connectivity index (χ1n) is 8.25. The van der Waals surface area contributed by atoms with E-state index in [9.17, 15) is 4.79 Å². The predicted molar refractivity (Wildman–Crippen MR) is 88.7 cm³/mol. The maximum atomic E-state index is 11.3.